The lowest BCUT2D eigenvalue weighted by Gasteiger charge is -2.41. The number of likely N-dealkylation sites (N-methyl/N-ethyl adjacent to an activating group) is 3. The molecule has 2 aromatic rings. The molecule has 1 fully saturated rings. The molecule has 0 aliphatic carbocycles. The first-order valence-corrected chi connectivity index (χ1v) is 30.1. The van der Waals surface area contributed by atoms with E-state index in [2.05, 4.69) is 31.9 Å². The monoisotopic (exact) mass is 1180 g/mol. The van der Waals surface area contributed by atoms with Crippen LogP contribution in [0.3, 0.4) is 0 Å². The highest BCUT2D eigenvalue weighted by atomic mass is 16.6. The minimum Gasteiger partial charge on any atom is -0.445 e. The van der Waals surface area contributed by atoms with E-state index in [1.807, 2.05) is 73.6 Å². The van der Waals surface area contributed by atoms with Crippen LogP contribution in [0.4, 0.5) is 10.5 Å². The molecule has 0 radical (unpaired) electrons. The predicted molar refractivity (Wildman–Crippen MR) is 325 cm³/mol. The van der Waals surface area contributed by atoms with Crippen molar-refractivity contribution in [1.29, 1.82) is 0 Å². The third-order valence-corrected chi connectivity index (χ3v) is 16.1. The molecule has 1 aliphatic heterocycles. The van der Waals surface area contributed by atoms with E-state index in [0.717, 1.165) is 0 Å². The Balaban J connectivity index is 1.69. The molecule has 0 saturated carbocycles. The normalized spacial score (nSPS) is 17.8. The van der Waals surface area contributed by atoms with Crippen LogP contribution in [-0.2, 0) is 54.4 Å². The van der Waals surface area contributed by atoms with Gasteiger partial charge >= 0.3 is 6.09 Å². The second-order valence-electron chi connectivity index (χ2n) is 24.4. The number of carbonyl (C=O) groups is 8. The summed E-state index contributed by atoms with van der Waals surface area (Å²) < 4.78 is 17.7. The summed E-state index contributed by atoms with van der Waals surface area (Å²) in [5.41, 5.74) is 1.71. The number of rotatable bonds is 33. The fourth-order valence-electron chi connectivity index (χ4n) is 11.1. The van der Waals surface area contributed by atoms with E-state index in [1.54, 1.807) is 94.9 Å². The van der Waals surface area contributed by atoms with E-state index >= 15 is 0 Å². The number of hydrogen-bond acceptors (Lipinski definition) is 13. The number of nitrogens with one attached hydrogen (secondary N) is 6. The van der Waals surface area contributed by atoms with Crippen molar-refractivity contribution in [3.05, 3.63) is 65.7 Å². The Kier molecular flexibility index (Phi) is 29.8. The Bertz CT molecular complexity index is 2430. The van der Waals surface area contributed by atoms with Crippen molar-refractivity contribution in [3.8, 4) is 0 Å². The second-order valence-corrected chi connectivity index (χ2v) is 24.4. The van der Waals surface area contributed by atoms with Gasteiger partial charge in [-0.05, 0) is 99.4 Å². The number of hydrogen-bond donors (Lipinski definition) is 7. The zero-order chi connectivity index (χ0) is 63.3. The largest absolute Gasteiger partial charge is 0.445 e. The van der Waals surface area contributed by atoms with Gasteiger partial charge in [-0.15, -0.1) is 0 Å². The molecular formula is C63H103N9O12. The van der Waals surface area contributed by atoms with Gasteiger partial charge in [-0.25, -0.2) is 4.79 Å². The number of carbonyl (C=O) groups excluding carboxylic acids is 8. The Hall–Kier alpha value is -6.16. The van der Waals surface area contributed by atoms with E-state index in [-0.39, 0.29) is 48.5 Å². The van der Waals surface area contributed by atoms with Crippen molar-refractivity contribution >= 4 is 53.1 Å². The van der Waals surface area contributed by atoms with Gasteiger partial charge in [0.2, 0.25) is 41.4 Å². The van der Waals surface area contributed by atoms with Crippen LogP contribution in [0, 0.1) is 35.5 Å². The number of benzene rings is 2. The highest BCUT2D eigenvalue weighted by Crippen LogP contribution is 2.30. The molecule has 21 nitrogen and oxygen atoms in total. The third-order valence-electron chi connectivity index (χ3n) is 16.1. The first kappa shape index (κ1) is 72.1. The van der Waals surface area contributed by atoms with Gasteiger partial charge in [-0.3, -0.25) is 38.5 Å². The molecule has 1 aliphatic rings. The van der Waals surface area contributed by atoms with Crippen LogP contribution in [0.15, 0.2) is 54.6 Å². The van der Waals surface area contributed by atoms with Crippen molar-refractivity contribution in [2.45, 2.75) is 202 Å². The molecule has 1 saturated heterocycles. The van der Waals surface area contributed by atoms with Crippen molar-refractivity contribution < 1.29 is 57.7 Å². The smallest absolute Gasteiger partial charge is 0.410 e. The van der Waals surface area contributed by atoms with Gasteiger partial charge in [-0.1, -0.05) is 125 Å². The lowest BCUT2D eigenvalue weighted by Crippen LogP contribution is -2.60. The summed E-state index contributed by atoms with van der Waals surface area (Å²) in [6.45, 7) is 24.4. The maximum Gasteiger partial charge on any atom is 0.410 e. The third kappa shape index (κ3) is 20.8. The van der Waals surface area contributed by atoms with Crippen LogP contribution >= 0.6 is 0 Å². The minimum atomic E-state index is -1.04. The van der Waals surface area contributed by atoms with Gasteiger partial charge < -0.3 is 61.0 Å². The predicted octanol–water partition coefficient (Wildman–Crippen LogP) is 6.19. The summed E-state index contributed by atoms with van der Waals surface area (Å²) >= 11 is 0. The summed E-state index contributed by atoms with van der Waals surface area (Å²) in [6, 6.07) is 9.82. The highest BCUT2D eigenvalue weighted by molar-refractivity contribution is 5.98. The lowest BCUT2D eigenvalue weighted by molar-refractivity contribution is -0.148. The molecule has 3 rings (SSSR count). The van der Waals surface area contributed by atoms with Crippen molar-refractivity contribution in [2.24, 2.45) is 35.5 Å². The Morgan fingerprint density at radius 3 is 1.83 bits per heavy atom. The summed E-state index contributed by atoms with van der Waals surface area (Å²) in [5.74, 6) is -4.03. The molecule has 7 N–H and O–H groups in total. The molecule has 0 bridgehead atoms. The van der Waals surface area contributed by atoms with Crippen LogP contribution in [0.5, 0.6) is 0 Å². The maximum atomic E-state index is 14.8. The molecule has 13 atom stereocenters. The standard InChI is InChI=1S/C63H103N9O12/c1-19-40(10)54(50(82-17)34-51(73)72-31-23-26-49(72)56(83-18)41(11)57(75)65-42(12)55(74)45-24-21-20-22-25-45)70(15)62(80)52(38(6)7)69-61(79)53(39(8)9)71(16)63(81)84-35-44-27-29-46(30-28-44)67-60(78)48(33-37(4)5)68-58(76)43(13)66-59(77)47(64-14)32-36(2)3/h20-22,24-25,27-30,36-43,47-50,52-56,64,74H,19,23,26,31-35H2,1-18H3,(H,65,75)(H,66,77)(H,67,78)(H,68,76)(H,69,79)/t40-,41+,42+,43-,47+,48-,49-,50+,52-,53-,54-,55+,56+/m0/s1. The quantitative estimate of drug-likeness (QED) is 0.0421. The summed E-state index contributed by atoms with van der Waals surface area (Å²) in [7, 11) is 7.85. The average molecular weight is 1180 g/mol. The molecule has 0 aromatic heterocycles. The average Bonchev–Trinajstić information content (AvgIpc) is 4.05. The van der Waals surface area contributed by atoms with Gasteiger partial charge in [0.15, 0.2) is 0 Å². The Labute approximate surface area is 500 Å². The molecule has 1 heterocycles. The van der Waals surface area contributed by atoms with E-state index in [4.69, 9.17) is 14.2 Å². The van der Waals surface area contributed by atoms with Crippen LogP contribution in [-0.4, -0.2) is 170 Å². The molecule has 21 heteroatoms. The Morgan fingerprint density at radius 1 is 0.690 bits per heavy atom. The number of amides is 8. The van der Waals surface area contributed by atoms with Gasteiger partial charge in [-0.2, -0.15) is 0 Å². The summed E-state index contributed by atoms with van der Waals surface area (Å²) in [5, 5.41) is 28.2. The van der Waals surface area contributed by atoms with E-state index in [0.29, 0.717) is 55.5 Å². The topological polar surface area (TPSA) is 266 Å². The zero-order valence-electron chi connectivity index (χ0n) is 53.4. The van der Waals surface area contributed by atoms with Crippen LogP contribution in [0.1, 0.15) is 146 Å². The molecule has 0 unspecified atom stereocenters. The maximum absolute atomic E-state index is 14.8. The lowest BCUT2D eigenvalue weighted by atomic mass is 9.89. The number of ether oxygens (including phenoxy) is 3. The number of aliphatic hydroxyl groups excluding tert-OH is 1. The minimum absolute atomic E-state index is 0.0552. The van der Waals surface area contributed by atoms with Gasteiger partial charge in [0.25, 0.3) is 0 Å². The van der Waals surface area contributed by atoms with Crippen LogP contribution < -0.4 is 31.9 Å². The fraction of sp³-hybridized carbons (Fsp3) is 0.683. The number of likely N-dealkylation sites (tertiary alicyclic amines) is 1. The molecule has 472 valence electrons. The SMILES string of the molecule is CC[C@H](C)[C@@H]([C@@H](CC(=O)N1CCC[C@H]1[C@H](OC)[C@@H](C)C(=O)N[C@H](C)[C@@H](O)c1ccccc1)OC)N(C)C(=O)[C@@H](NC(=O)[C@H](C(C)C)N(C)C(=O)OCc1ccc(NC(=O)[C@H](CC(C)C)NC(=O)[C@H](C)NC(=O)[C@@H](CC(C)C)NC)cc1)C(C)C. The van der Waals surface area contributed by atoms with Crippen molar-refractivity contribution in [2.75, 3.05) is 47.2 Å². The number of methoxy groups -OCH3 is 2. The summed E-state index contributed by atoms with van der Waals surface area (Å²) in [4.78, 5) is 115. The van der Waals surface area contributed by atoms with Crippen LogP contribution in [0.25, 0.3) is 0 Å². The van der Waals surface area contributed by atoms with Crippen molar-refractivity contribution in [3.63, 3.8) is 0 Å². The fourth-order valence-corrected chi connectivity index (χ4v) is 11.1. The van der Waals surface area contributed by atoms with Crippen molar-refractivity contribution in [1.82, 2.24) is 41.3 Å². The molecular weight excluding hydrogens is 1070 g/mol. The van der Waals surface area contributed by atoms with Gasteiger partial charge in [0.05, 0.1) is 54.8 Å². The molecule has 84 heavy (non-hydrogen) atoms. The number of anilines is 1. The molecule has 2 aromatic carbocycles. The van der Waals surface area contributed by atoms with Crippen LogP contribution in [0.2, 0.25) is 0 Å². The second kappa shape index (κ2) is 34.7. The number of aliphatic hydroxyl groups is 1. The van der Waals surface area contributed by atoms with E-state index in [1.165, 1.54) is 26.2 Å². The van der Waals surface area contributed by atoms with Gasteiger partial charge in [0, 0.05) is 40.5 Å². The van der Waals surface area contributed by atoms with E-state index in [9.17, 15) is 43.5 Å². The number of nitrogens with zero attached hydrogens (tertiary/aromatic N) is 3. The summed E-state index contributed by atoms with van der Waals surface area (Å²) in [6.07, 6.45) is -0.296. The highest BCUT2D eigenvalue weighted by Gasteiger charge is 2.44. The zero-order valence-corrected chi connectivity index (χ0v) is 53.4. The first-order chi connectivity index (χ1) is 39.5. The molecule has 8 amide bonds. The van der Waals surface area contributed by atoms with Gasteiger partial charge in [0.1, 0.15) is 30.8 Å². The Morgan fingerprint density at radius 2 is 1.30 bits per heavy atom. The first-order valence-electron chi connectivity index (χ1n) is 30.1. The van der Waals surface area contributed by atoms with E-state index < -0.39 is 114 Å². The molecule has 0 spiro atoms.